The Morgan fingerprint density at radius 1 is 1.08 bits per heavy atom. The van der Waals surface area contributed by atoms with Crippen LogP contribution >= 0.6 is 12.4 Å². The molecule has 1 aromatic rings. The number of halogens is 1. The summed E-state index contributed by atoms with van der Waals surface area (Å²) in [4.78, 5) is 22.5. The molecule has 0 aliphatic heterocycles. The van der Waals surface area contributed by atoms with E-state index in [9.17, 15) is 18.0 Å². The Hall–Kier alpha value is -1.84. The van der Waals surface area contributed by atoms with Crippen molar-refractivity contribution in [2.45, 2.75) is 19.8 Å². The molecule has 0 saturated heterocycles. The molecule has 136 valence electrons. The van der Waals surface area contributed by atoms with Gasteiger partial charge < -0.3 is 16.4 Å². The van der Waals surface area contributed by atoms with Gasteiger partial charge in [0.2, 0.25) is 21.8 Å². The number of hydrogen-bond donors (Lipinski definition) is 4. The molecule has 0 heterocycles. The molecule has 1 aromatic carbocycles. The summed E-state index contributed by atoms with van der Waals surface area (Å²) >= 11 is 0. The first kappa shape index (κ1) is 22.2. The third kappa shape index (κ3) is 8.70. The summed E-state index contributed by atoms with van der Waals surface area (Å²) in [6.07, 6.45) is 1.39. The Morgan fingerprint density at radius 2 is 1.67 bits per heavy atom. The van der Waals surface area contributed by atoms with Crippen molar-refractivity contribution in [3.05, 3.63) is 24.3 Å². The molecular formula is C14H23ClN4O4S. The maximum Gasteiger partial charge on any atom is 0.243 e. The second-order valence-electron chi connectivity index (χ2n) is 4.88. The number of hydrogen-bond acceptors (Lipinski definition) is 5. The van der Waals surface area contributed by atoms with E-state index in [1.807, 2.05) is 6.92 Å². The number of nitrogens with one attached hydrogen (secondary N) is 3. The number of nitrogens with two attached hydrogens (primary N) is 1. The SMILES string of the molecule is CCCCS(=O)(=O)Nc1ccc(NC(=O)CNC(=O)CN)cc1.Cl. The second-order valence-corrected chi connectivity index (χ2v) is 6.72. The van der Waals surface area contributed by atoms with Crippen LogP contribution in [0, 0.1) is 0 Å². The standard InChI is InChI=1S/C14H22N4O4S.ClH/c1-2-3-8-23(21,22)18-12-6-4-11(5-7-12)17-14(20)10-16-13(19)9-15;/h4-7,18H,2-3,8-10,15H2,1H3,(H,16,19)(H,17,20);1H. The number of amides is 2. The summed E-state index contributed by atoms with van der Waals surface area (Å²) in [5.41, 5.74) is 6.03. The van der Waals surface area contributed by atoms with Crippen molar-refractivity contribution in [3.8, 4) is 0 Å². The second kappa shape index (κ2) is 10.8. The number of benzene rings is 1. The Morgan fingerprint density at radius 3 is 2.21 bits per heavy atom. The van der Waals surface area contributed by atoms with E-state index in [2.05, 4.69) is 15.4 Å². The van der Waals surface area contributed by atoms with Crippen LogP contribution in [0.15, 0.2) is 24.3 Å². The zero-order valence-corrected chi connectivity index (χ0v) is 15.0. The van der Waals surface area contributed by atoms with Gasteiger partial charge in [-0.25, -0.2) is 8.42 Å². The first-order chi connectivity index (χ1) is 10.9. The quantitative estimate of drug-likeness (QED) is 0.501. The van der Waals surface area contributed by atoms with E-state index in [1.165, 1.54) is 0 Å². The van der Waals surface area contributed by atoms with E-state index < -0.39 is 21.8 Å². The minimum absolute atomic E-state index is 0. The highest BCUT2D eigenvalue weighted by Gasteiger charge is 2.10. The van der Waals surface area contributed by atoms with E-state index >= 15 is 0 Å². The lowest BCUT2D eigenvalue weighted by molar-refractivity contribution is -0.123. The van der Waals surface area contributed by atoms with Crippen molar-refractivity contribution in [2.75, 3.05) is 28.9 Å². The van der Waals surface area contributed by atoms with Crippen LogP contribution in [0.2, 0.25) is 0 Å². The van der Waals surface area contributed by atoms with Gasteiger partial charge in [0.05, 0.1) is 18.8 Å². The van der Waals surface area contributed by atoms with Crippen LogP contribution in [0.3, 0.4) is 0 Å². The molecule has 0 spiro atoms. The lowest BCUT2D eigenvalue weighted by Gasteiger charge is -2.09. The molecule has 1 rings (SSSR count). The minimum atomic E-state index is -3.35. The summed E-state index contributed by atoms with van der Waals surface area (Å²) in [6, 6.07) is 6.25. The number of unbranched alkanes of at least 4 members (excludes halogenated alkanes) is 1. The van der Waals surface area contributed by atoms with E-state index in [4.69, 9.17) is 5.73 Å². The summed E-state index contributed by atoms with van der Waals surface area (Å²) in [6.45, 7) is 1.56. The third-order valence-electron chi connectivity index (χ3n) is 2.84. The highest BCUT2D eigenvalue weighted by Crippen LogP contribution is 2.15. The molecule has 0 radical (unpaired) electrons. The minimum Gasteiger partial charge on any atom is -0.346 e. The van der Waals surface area contributed by atoms with Gasteiger partial charge in [0.25, 0.3) is 0 Å². The first-order valence-corrected chi connectivity index (χ1v) is 8.88. The van der Waals surface area contributed by atoms with Gasteiger partial charge in [0.1, 0.15) is 0 Å². The van der Waals surface area contributed by atoms with Crippen molar-refractivity contribution in [1.82, 2.24) is 5.32 Å². The van der Waals surface area contributed by atoms with Gasteiger partial charge in [-0.15, -0.1) is 12.4 Å². The molecule has 0 unspecified atom stereocenters. The van der Waals surface area contributed by atoms with Crippen LogP contribution < -0.4 is 21.1 Å². The maximum absolute atomic E-state index is 11.8. The summed E-state index contributed by atoms with van der Waals surface area (Å²) < 4.78 is 26.0. The topological polar surface area (TPSA) is 130 Å². The fourth-order valence-electron chi connectivity index (χ4n) is 1.64. The molecule has 5 N–H and O–H groups in total. The molecule has 2 amide bonds. The van der Waals surface area contributed by atoms with E-state index in [0.29, 0.717) is 17.8 Å². The molecule has 0 saturated carbocycles. The Labute approximate surface area is 148 Å². The van der Waals surface area contributed by atoms with Crippen molar-refractivity contribution in [3.63, 3.8) is 0 Å². The highest BCUT2D eigenvalue weighted by molar-refractivity contribution is 7.92. The van der Waals surface area contributed by atoms with Crippen LogP contribution in [0.4, 0.5) is 11.4 Å². The number of anilines is 2. The van der Waals surface area contributed by atoms with Gasteiger partial charge in [-0.2, -0.15) is 0 Å². The van der Waals surface area contributed by atoms with Crippen LogP contribution in [-0.2, 0) is 19.6 Å². The van der Waals surface area contributed by atoms with Crippen LogP contribution in [-0.4, -0.2) is 39.1 Å². The van der Waals surface area contributed by atoms with Gasteiger partial charge in [-0.05, 0) is 30.7 Å². The largest absolute Gasteiger partial charge is 0.346 e. The van der Waals surface area contributed by atoms with Crippen molar-refractivity contribution in [2.24, 2.45) is 5.73 Å². The Kier molecular flexibility index (Phi) is 10.0. The molecule has 24 heavy (non-hydrogen) atoms. The molecule has 10 heteroatoms. The third-order valence-corrected chi connectivity index (χ3v) is 4.21. The monoisotopic (exact) mass is 378 g/mol. The Balaban J connectivity index is 0.00000529. The summed E-state index contributed by atoms with van der Waals surface area (Å²) in [5.74, 6) is -0.747. The van der Waals surface area contributed by atoms with Crippen molar-refractivity contribution >= 4 is 45.6 Å². The molecule has 0 bridgehead atoms. The molecule has 0 aliphatic rings. The molecule has 8 nitrogen and oxygen atoms in total. The molecule has 0 fully saturated rings. The zero-order chi connectivity index (χ0) is 17.3. The zero-order valence-electron chi connectivity index (χ0n) is 13.4. The normalized spacial score (nSPS) is 10.4. The van der Waals surface area contributed by atoms with Gasteiger partial charge in [0.15, 0.2) is 0 Å². The number of carbonyl (C=O) groups excluding carboxylic acids is 2. The van der Waals surface area contributed by atoms with Gasteiger partial charge >= 0.3 is 0 Å². The fraction of sp³-hybridized carbons (Fsp3) is 0.429. The van der Waals surface area contributed by atoms with Crippen LogP contribution in [0.25, 0.3) is 0 Å². The smallest absolute Gasteiger partial charge is 0.243 e. The van der Waals surface area contributed by atoms with E-state index in [-0.39, 0.29) is 31.2 Å². The van der Waals surface area contributed by atoms with Gasteiger partial charge in [0, 0.05) is 11.4 Å². The molecular weight excluding hydrogens is 356 g/mol. The number of rotatable bonds is 9. The van der Waals surface area contributed by atoms with Crippen molar-refractivity contribution in [1.29, 1.82) is 0 Å². The number of sulfonamides is 1. The molecule has 0 atom stereocenters. The molecule has 0 aromatic heterocycles. The van der Waals surface area contributed by atoms with Crippen LogP contribution in [0.5, 0.6) is 0 Å². The predicted molar refractivity (Wildman–Crippen MR) is 96.7 cm³/mol. The van der Waals surface area contributed by atoms with E-state index in [1.54, 1.807) is 24.3 Å². The average molecular weight is 379 g/mol. The van der Waals surface area contributed by atoms with E-state index in [0.717, 1.165) is 6.42 Å². The lowest BCUT2D eigenvalue weighted by Crippen LogP contribution is -2.36. The van der Waals surface area contributed by atoms with Crippen LogP contribution in [0.1, 0.15) is 19.8 Å². The average Bonchev–Trinajstić information content (AvgIpc) is 2.52. The summed E-state index contributed by atoms with van der Waals surface area (Å²) in [5, 5.41) is 4.92. The van der Waals surface area contributed by atoms with Gasteiger partial charge in [-0.3, -0.25) is 14.3 Å². The molecule has 0 aliphatic carbocycles. The first-order valence-electron chi connectivity index (χ1n) is 7.23. The Bertz CT molecular complexity index is 635. The van der Waals surface area contributed by atoms with Gasteiger partial charge in [-0.1, -0.05) is 13.3 Å². The maximum atomic E-state index is 11.8. The highest BCUT2D eigenvalue weighted by atomic mass is 35.5. The summed E-state index contributed by atoms with van der Waals surface area (Å²) in [7, 11) is -3.35. The number of carbonyl (C=O) groups is 2. The van der Waals surface area contributed by atoms with Crippen molar-refractivity contribution < 1.29 is 18.0 Å². The predicted octanol–water partition coefficient (Wildman–Crippen LogP) is 0.664. The lowest BCUT2D eigenvalue weighted by atomic mass is 10.3. The fourth-order valence-corrected chi connectivity index (χ4v) is 2.91.